The van der Waals surface area contributed by atoms with Gasteiger partial charge in [-0.3, -0.25) is 0 Å². The minimum atomic E-state index is 0.682. The highest BCUT2D eigenvalue weighted by Crippen LogP contribution is 2.28. The third kappa shape index (κ3) is 2.92. The van der Waals surface area contributed by atoms with Crippen molar-refractivity contribution in [2.45, 2.75) is 33.7 Å². The summed E-state index contributed by atoms with van der Waals surface area (Å²) in [5, 5.41) is 4.34. The molecular formula is C12H17N3OS. The lowest BCUT2D eigenvalue weighted by atomic mass is 10.4. The van der Waals surface area contributed by atoms with Crippen molar-refractivity contribution < 1.29 is 4.42 Å². The molecule has 2 aromatic rings. The highest BCUT2D eigenvalue weighted by atomic mass is 32.1. The Morgan fingerprint density at radius 1 is 1.35 bits per heavy atom. The second-order valence-electron chi connectivity index (χ2n) is 3.97. The summed E-state index contributed by atoms with van der Waals surface area (Å²) in [5.41, 5.74) is 1.93. The Hall–Kier alpha value is -1.20. The molecule has 0 aromatic carbocycles. The Labute approximate surface area is 105 Å². The molecule has 92 valence electrons. The normalized spacial score (nSPS) is 11.0. The van der Waals surface area contributed by atoms with Gasteiger partial charge in [-0.05, 0) is 26.8 Å². The highest BCUT2D eigenvalue weighted by molar-refractivity contribution is 7.15. The zero-order valence-electron chi connectivity index (χ0n) is 10.4. The van der Waals surface area contributed by atoms with Gasteiger partial charge in [-0.2, -0.15) is 0 Å². The van der Waals surface area contributed by atoms with Crippen LogP contribution in [0.5, 0.6) is 0 Å². The number of aryl methyl sites for hydroxylation is 2. The zero-order chi connectivity index (χ0) is 12.3. The van der Waals surface area contributed by atoms with Crippen LogP contribution in [0.3, 0.4) is 0 Å². The van der Waals surface area contributed by atoms with E-state index in [1.165, 1.54) is 0 Å². The van der Waals surface area contributed by atoms with E-state index in [2.05, 4.69) is 22.2 Å². The molecule has 2 heterocycles. The summed E-state index contributed by atoms with van der Waals surface area (Å²) >= 11 is 1.62. The van der Waals surface area contributed by atoms with Gasteiger partial charge in [-0.25, -0.2) is 9.97 Å². The SMILES string of the molecule is CCCNCc1coc(-c2sc(C)nc2C)n1. The number of hydrogen-bond acceptors (Lipinski definition) is 5. The van der Waals surface area contributed by atoms with Crippen molar-refractivity contribution in [2.75, 3.05) is 6.54 Å². The van der Waals surface area contributed by atoms with Gasteiger partial charge in [0.25, 0.3) is 0 Å². The molecule has 2 aromatic heterocycles. The van der Waals surface area contributed by atoms with E-state index in [0.29, 0.717) is 5.89 Å². The standard InChI is InChI=1S/C12H17N3OS/c1-4-5-13-6-10-7-16-12(15-10)11-8(2)14-9(3)17-11/h7,13H,4-6H2,1-3H3. The van der Waals surface area contributed by atoms with Crippen LogP contribution in [0.2, 0.25) is 0 Å². The molecule has 0 aliphatic rings. The van der Waals surface area contributed by atoms with Gasteiger partial charge >= 0.3 is 0 Å². The summed E-state index contributed by atoms with van der Waals surface area (Å²) in [6.07, 6.45) is 2.84. The van der Waals surface area contributed by atoms with Crippen LogP contribution in [0.25, 0.3) is 10.8 Å². The summed E-state index contributed by atoms with van der Waals surface area (Å²) in [5.74, 6) is 0.682. The first-order chi connectivity index (χ1) is 8.20. The van der Waals surface area contributed by atoms with Crippen molar-refractivity contribution in [1.29, 1.82) is 0 Å². The molecule has 0 saturated heterocycles. The number of hydrogen-bond donors (Lipinski definition) is 1. The molecule has 0 aliphatic heterocycles. The molecule has 0 unspecified atom stereocenters. The molecule has 17 heavy (non-hydrogen) atoms. The molecule has 1 N–H and O–H groups in total. The molecule has 0 spiro atoms. The molecule has 4 nitrogen and oxygen atoms in total. The maximum atomic E-state index is 5.49. The first-order valence-corrected chi connectivity index (χ1v) is 6.62. The molecule has 0 amide bonds. The van der Waals surface area contributed by atoms with Gasteiger partial charge < -0.3 is 9.73 Å². The minimum Gasteiger partial charge on any atom is -0.443 e. The van der Waals surface area contributed by atoms with E-state index in [1.807, 2.05) is 13.8 Å². The molecule has 0 saturated carbocycles. The molecular weight excluding hydrogens is 234 g/mol. The molecule has 0 atom stereocenters. The number of thiazole rings is 1. The second-order valence-corrected chi connectivity index (χ2v) is 5.17. The number of nitrogens with one attached hydrogen (secondary N) is 1. The lowest BCUT2D eigenvalue weighted by molar-refractivity contribution is 0.570. The second kappa shape index (κ2) is 5.42. The van der Waals surface area contributed by atoms with Crippen LogP contribution in [0, 0.1) is 13.8 Å². The predicted molar refractivity (Wildman–Crippen MR) is 69.1 cm³/mol. The fraction of sp³-hybridized carbons (Fsp3) is 0.500. The van der Waals surface area contributed by atoms with Crippen LogP contribution in [0.1, 0.15) is 29.7 Å². The van der Waals surface area contributed by atoms with Gasteiger partial charge in [-0.15, -0.1) is 11.3 Å². The average molecular weight is 251 g/mol. The number of aromatic nitrogens is 2. The van der Waals surface area contributed by atoms with E-state index >= 15 is 0 Å². The van der Waals surface area contributed by atoms with Gasteiger partial charge in [0.2, 0.25) is 5.89 Å². The third-order valence-corrected chi connectivity index (χ3v) is 3.44. The minimum absolute atomic E-state index is 0.682. The van der Waals surface area contributed by atoms with Gasteiger partial charge in [0.05, 0.1) is 16.4 Å². The smallest absolute Gasteiger partial charge is 0.238 e. The Balaban J connectivity index is 2.10. The summed E-state index contributed by atoms with van der Waals surface area (Å²) in [6, 6.07) is 0. The van der Waals surface area contributed by atoms with Crippen molar-refractivity contribution in [1.82, 2.24) is 15.3 Å². The molecule has 0 radical (unpaired) electrons. The van der Waals surface area contributed by atoms with Crippen LogP contribution in [0.15, 0.2) is 10.7 Å². The Kier molecular flexibility index (Phi) is 3.91. The summed E-state index contributed by atoms with van der Waals surface area (Å²) in [4.78, 5) is 9.87. The van der Waals surface area contributed by atoms with Gasteiger partial charge in [0.15, 0.2) is 0 Å². The highest BCUT2D eigenvalue weighted by Gasteiger charge is 2.13. The summed E-state index contributed by atoms with van der Waals surface area (Å²) < 4.78 is 5.49. The van der Waals surface area contributed by atoms with Gasteiger partial charge in [0, 0.05) is 6.54 Å². The van der Waals surface area contributed by atoms with Gasteiger partial charge in [-0.1, -0.05) is 6.92 Å². The predicted octanol–water partition coefficient (Wildman–Crippen LogP) is 2.91. The van der Waals surface area contributed by atoms with E-state index in [4.69, 9.17) is 4.42 Å². The number of oxazole rings is 1. The quantitative estimate of drug-likeness (QED) is 0.830. The average Bonchev–Trinajstić information content (AvgIpc) is 2.86. The van der Waals surface area contributed by atoms with Gasteiger partial charge in [0.1, 0.15) is 11.1 Å². The van der Waals surface area contributed by atoms with Crippen molar-refractivity contribution in [2.24, 2.45) is 0 Å². The molecule has 2 rings (SSSR count). The lowest BCUT2D eigenvalue weighted by Gasteiger charge is -1.96. The fourth-order valence-corrected chi connectivity index (χ4v) is 2.47. The van der Waals surface area contributed by atoms with Crippen molar-refractivity contribution in [3.8, 4) is 10.8 Å². The van der Waals surface area contributed by atoms with Crippen LogP contribution < -0.4 is 5.32 Å². The molecule has 5 heteroatoms. The van der Waals surface area contributed by atoms with E-state index in [9.17, 15) is 0 Å². The van der Waals surface area contributed by atoms with E-state index in [-0.39, 0.29) is 0 Å². The Bertz CT molecular complexity index is 490. The first-order valence-electron chi connectivity index (χ1n) is 5.80. The fourth-order valence-electron chi connectivity index (χ4n) is 1.62. The third-order valence-electron chi connectivity index (χ3n) is 2.38. The Morgan fingerprint density at radius 2 is 2.18 bits per heavy atom. The van der Waals surface area contributed by atoms with Crippen molar-refractivity contribution in [3.05, 3.63) is 22.7 Å². The maximum absolute atomic E-state index is 5.49. The number of nitrogens with zero attached hydrogens (tertiary/aromatic N) is 2. The van der Waals surface area contributed by atoms with Crippen molar-refractivity contribution in [3.63, 3.8) is 0 Å². The lowest BCUT2D eigenvalue weighted by Crippen LogP contribution is -2.13. The van der Waals surface area contributed by atoms with E-state index in [0.717, 1.165) is 40.8 Å². The van der Waals surface area contributed by atoms with Crippen molar-refractivity contribution >= 4 is 11.3 Å². The van der Waals surface area contributed by atoms with E-state index < -0.39 is 0 Å². The van der Waals surface area contributed by atoms with Crippen LogP contribution in [-0.4, -0.2) is 16.5 Å². The van der Waals surface area contributed by atoms with E-state index in [1.54, 1.807) is 17.6 Å². The number of rotatable bonds is 5. The maximum Gasteiger partial charge on any atom is 0.238 e. The molecule has 0 fully saturated rings. The first kappa shape index (κ1) is 12.3. The topological polar surface area (TPSA) is 51.0 Å². The monoisotopic (exact) mass is 251 g/mol. The largest absolute Gasteiger partial charge is 0.443 e. The van der Waals surface area contributed by atoms with Crippen LogP contribution in [-0.2, 0) is 6.54 Å². The van der Waals surface area contributed by atoms with Crippen LogP contribution in [0.4, 0.5) is 0 Å². The summed E-state index contributed by atoms with van der Waals surface area (Å²) in [7, 11) is 0. The molecule has 0 bridgehead atoms. The van der Waals surface area contributed by atoms with Crippen LogP contribution >= 0.6 is 11.3 Å². The summed E-state index contributed by atoms with van der Waals surface area (Å²) in [6.45, 7) is 7.88. The Morgan fingerprint density at radius 3 is 2.82 bits per heavy atom. The zero-order valence-corrected chi connectivity index (χ0v) is 11.2. The molecule has 0 aliphatic carbocycles.